The lowest BCUT2D eigenvalue weighted by Gasteiger charge is -2.30. The predicted molar refractivity (Wildman–Crippen MR) is 108 cm³/mol. The van der Waals surface area contributed by atoms with Crippen LogP contribution in [0.5, 0.6) is 0 Å². The molecule has 2 aromatic carbocycles. The van der Waals surface area contributed by atoms with Gasteiger partial charge in [0.2, 0.25) is 0 Å². The third-order valence-corrected chi connectivity index (χ3v) is 4.83. The largest absolute Gasteiger partial charge is 0.465 e. The lowest BCUT2D eigenvalue weighted by atomic mass is 9.99. The molecule has 1 aliphatic rings. The van der Waals surface area contributed by atoms with Gasteiger partial charge in [-0.05, 0) is 48.2 Å². The number of hydrogen-bond donors (Lipinski definition) is 0. The van der Waals surface area contributed by atoms with Crippen LogP contribution in [-0.4, -0.2) is 42.5 Å². The van der Waals surface area contributed by atoms with Crippen molar-refractivity contribution in [3.05, 3.63) is 76.9 Å². The van der Waals surface area contributed by atoms with E-state index in [0.717, 1.165) is 17.5 Å². The minimum Gasteiger partial charge on any atom is -0.465 e. The summed E-state index contributed by atoms with van der Waals surface area (Å²) in [4.78, 5) is 37.9. The molecule has 0 N–H and O–H groups in total. The van der Waals surface area contributed by atoms with E-state index < -0.39 is 18.0 Å². The highest BCUT2D eigenvalue weighted by Crippen LogP contribution is 2.19. The smallest absolute Gasteiger partial charge is 0.337 e. The predicted octanol–water partition coefficient (Wildman–Crippen LogP) is 3.00. The number of carbonyl (C=O) groups is 3. The summed E-state index contributed by atoms with van der Waals surface area (Å²) < 4.78 is 9.91. The molecule has 0 unspecified atom stereocenters. The molecule has 0 fully saturated rings. The van der Waals surface area contributed by atoms with Gasteiger partial charge < -0.3 is 14.4 Å². The van der Waals surface area contributed by atoms with Crippen LogP contribution in [0.4, 0.5) is 0 Å². The molecule has 3 rings (SSSR count). The fourth-order valence-corrected chi connectivity index (χ4v) is 3.22. The van der Waals surface area contributed by atoms with E-state index in [1.165, 1.54) is 18.7 Å². The third-order valence-electron chi connectivity index (χ3n) is 4.83. The highest BCUT2D eigenvalue weighted by molar-refractivity contribution is 5.91. The van der Waals surface area contributed by atoms with Crippen molar-refractivity contribution >= 4 is 23.9 Å². The first-order valence-corrected chi connectivity index (χ1v) is 9.40. The highest BCUT2D eigenvalue weighted by Gasteiger charge is 2.26. The van der Waals surface area contributed by atoms with Gasteiger partial charge in [0.15, 0.2) is 6.10 Å². The fourth-order valence-electron chi connectivity index (χ4n) is 3.22. The SMILES string of the molecule is COC(=O)c1ccc(/C=C/C(=O)O[C@@H](C)C(=O)N2CCc3ccccc3C2)cc1. The molecule has 6 heteroatoms. The molecule has 0 radical (unpaired) electrons. The molecule has 0 saturated carbocycles. The summed E-state index contributed by atoms with van der Waals surface area (Å²) >= 11 is 0. The van der Waals surface area contributed by atoms with Crippen molar-refractivity contribution in [2.24, 2.45) is 0 Å². The van der Waals surface area contributed by atoms with Gasteiger partial charge in [0, 0.05) is 19.2 Å². The normalized spacial score (nSPS) is 14.2. The quantitative estimate of drug-likeness (QED) is 0.577. The standard InChI is InChI=1S/C23H23NO5/c1-16(22(26)24-14-13-18-5-3-4-6-20(18)15-24)29-21(25)12-9-17-7-10-19(11-8-17)23(27)28-2/h3-12,16H,13-15H2,1-2H3/b12-9+/t16-/m0/s1. The Bertz CT molecular complexity index is 933. The van der Waals surface area contributed by atoms with Crippen LogP contribution in [0.2, 0.25) is 0 Å². The molecule has 0 spiro atoms. The zero-order valence-corrected chi connectivity index (χ0v) is 16.5. The van der Waals surface area contributed by atoms with Crippen LogP contribution in [0.3, 0.4) is 0 Å². The van der Waals surface area contributed by atoms with E-state index in [1.807, 2.05) is 18.2 Å². The first-order chi connectivity index (χ1) is 14.0. The number of rotatable bonds is 5. The van der Waals surface area contributed by atoms with Crippen LogP contribution in [0, 0.1) is 0 Å². The second kappa shape index (κ2) is 9.19. The molecule has 1 aliphatic heterocycles. The number of carbonyl (C=O) groups excluding carboxylic acids is 3. The summed E-state index contributed by atoms with van der Waals surface area (Å²) in [5, 5.41) is 0. The van der Waals surface area contributed by atoms with Gasteiger partial charge in [-0.25, -0.2) is 9.59 Å². The third kappa shape index (κ3) is 5.10. The van der Waals surface area contributed by atoms with Gasteiger partial charge in [-0.15, -0.1) is 0 Å². The Morgan fingerprint density at radius 3 is 2.41 bits per heavy atom. The Balaban J connectivity index is 1.54. The van der Waals surface area contributed by atoms with Gasteiger partial charge in [-0.3, -0.25) is 4.79 Å². The minimum atomic E-state index is -0.862. The number of ether oxygens (including phenoxy) is 2. The summed E-state index contributed by atoms with van der Waals surface area (Å²) in [7, 11) is 1.32. The monoisotopic (exact) mass is 393 g/mol. The van der Waals surface area contributed by atoms with E-state index in [1.54, 1.807) is 42.2 Å². The van der Waals surface area contributed by atoms with Crippen molar-refractivity contribution in [2.75, 3.05) is 13.7 Å². The van der Waals surface area contributed by atoms with Crippen LogP contribution in [0.15, 0.2) is 54.6 Å². The Morgan fingerprint density at radius 2 is 1.72 bits per heavy atom. The van der Waals surface area contributed by atoms with E-state index in [0.29, 0.717) is 18.7 Å². The second-order valence-electron chi connectivity index (χ2n) is 6.80. The average Bonchev–Trinajstić information content (AvgIpc) is 2.76. The molecule has 1 heterocycles. The second-order valence-corrected chi connectivity index (χ2v) is 6.80. The van der Waals surface area contributed by atoms with Gasteiger partial charge in [0.25, 0.3) is 5.91 Å². The average molecular weight is 393 g/mol. The molecular weight excluding hydrogens is 370 g/mol. The summed E-state index contributed by atoms with van der Waals surface area (Å²) in [6.07, 6.45) is 2.77. The molecule has 6 nitrogen and oxygen atoms in total. The lowest BCUT2D eigenvalue weighted by molar-refractivity contribution is -0.155. The number of hydrogen-bond acceptors (Lipinski definition) is 5. The lowest BCUT2D eigenvalue weighted by Crippen LogP contribution is -2.42. The minimum absolute atomic E-state index is 0.205. The number of methoxy groups -OCH3 is 1. The number of nitrogens with zero attached hydrogens (tertiary/aromatic N) is 1. The maximum Gasteiger partial charge on any atom is 0.337 e. The zero-order valence-electron chi connectivity index (χ0n) is 16.5. The van der Waals surface area contributed by atoms with Crippen LogP contribution in [0.1, 0.15) is 34.0 Å². The van der Waals surface area contributed by atoms with Gasteiger partial charge in [0.05, 0.1) is 12.7 Å². The number of benzene rings is 2. The molecule has 0 aromatic heterocycles. The van der Waals surface area contributed by atoms with Crippen molar-refractivity contribution in [3.8, 4) is 0 Å². The molecule has 150 valence electrons. The van der Waals surface area contributed by atoms with E-state index in [9.17, 15) is 14.4 Å². The van der Waals surface area contributed by atoms with E-state index in [2.05, 4.69) is 10.8 Å². The van der Waals surface area contributed by atoms with Crippen LogP contribution in [0.25, 0.3) is 6.08 Å². The van der Waals surface area contributed by atoms with Gasteiger partial charge >= 0.3 is 11.9 Å². The Morgan fingerprint density at radius 1 is 1.03 bits per heavy atom. The van der Waals surface area contributed by atoms with Crippen molar-refractivity contribution in [1.82, 2.24) is 4.90 Å². The van der Waals surface area contributed by atoms with E-state index >= 15 is 0 Å². The molecule has 29 heavy (non-hydrogen) atoms. The molecule has 2 aromatic rings. The molecule has 1 amide bonds. The maximum absolute atomic E-state index is 12.6. The van der Waals surface area contributed by atoms with Crippen molar-refractivity contribution in [1.29, 1.82) is 0 Å². The zero-order chi connectivity index (χ0) is 20.8. The highest BCUT2D eigenvalue weighted by atomic mass is 16.5. The van der Waals surface area contributed by atoms with Crippen molar-refractivity contribution < 1.29 is 23.9 Å². The number of esters is 2. The molecule has 0 saturated heterocycles. The van der Waals surface area contributed by atoms with Crippen LogP contribution >= 0.6 is 0 Å². The first kappa shape index (κ1) is 20.3. The van der Waals surface area contributed by atoms with E-state index in [4.69, 9.17) is 4.74 Å². The van der Waals surface area contributed by atoms with Crippen LogP contribution in [-0.2, 0) is 32.0 Å². The molecule has 0 bridgehead atoms. The number of amides is 1. The Hall–Kier alpha value is -3.41. The topological polar surface area (TPSA) is 72.9 Å². The van der Waals surface area contributed by atoms with Gasteiger partial charge in [0.1, 0.15) is 0 Å². The van der Waals surface area contributed by atoms with Gasteiger partial charge in [-0.2, -0.15) is 0 Å². The van der Waals surface area contributed by atoms with Crippen molar-refractivity contribution in [3.63, 3.8) is 0 Å². The summed E-state index contributed by atoms with van der Waals surface area (Å²) in [6.45, 7) is 2.72. The van der Waals surface area contributed by atoms with Crippen molar-refractivity contribution in [2.45, 2.75) is 26.0 Å². The van der Waals surface area contributed by atoms with Crippen LogP contribution < -0.4 is 0 Å². The Labute approximate surface area is 169 Å². The molecule has 1 atom stereocenters. The summed E-state index contributed by atoms with van der Waals surface area (Å²) in [5.74, 6) is -1.23. The number of fused-ring (bicyclic) bond motifs is 1. The summed E-state index contributed by atoms with van der Waals surface area (Å²) in [6, 6.07) is 14.6. The van der Waals surface area contributed by atoms with E-state index in [-0.39, 0.29) is 5.91 Å². The first-order valence-electron chi connectivity index (χ1n) is 9.40. The molecular formula is C23H23NO5. The molecule has 0 aliphatic carbocycles. The van der Waals surface area contributed by atoms with Gasteiger partial charge in [-0.1, -0.05) is 36.4 Å². The summed E-state index contributed by atoms with van der Waals surface area (Å²) in [5.41, 5.74) is 3.53. The Kier molecular flexibility index (Phi) is 6.44. The fraction of sp³-hybridized carbons (Fsp3) is 0.261. The maximum atomic E-state index is 12.6.